The van der Waals surface area contributed by atoms with Crippen LogP contribution in [0.5, 0.6) is 5.75 Å². The fourth-order valence-corrected chi connectivity index (χ4v) is 3.07. The van der Waals surface area contributed by atoms with E-state index in [1.165, 1.54) is 12.5 Å². The van der Waals surface area contributed by atoms with Gasteiger partial charge in [0.15, 0.2) is 5.52 Å². The number of aromatic nitrogens is 1. The highest BCUT2D eigenvalue weighted by atomic mass is 32.1. The van der Waals surface area contributed by atoms with Gasteiger partial charge in [-0.2, -0.15) is 12.6 Å². The number of benzene rings is 1. The predicted molar refractivity (Wildman–Crippen MR) is 84.0 cm³/mol. The summed E-state index contributed by atoms with van der Waals surface area (Å²) in [7, 11) is 0. The molecule has 1 fully saturated rings. The topological polar surface area (TPSA) is 65.3 Å². The summed E-state index contributed by atoms with van der Waals surface area (Å²) >= 11 is 4.41. The maximum absolute atomic E-state index is 11.1. The highest BCUT2D eigenvalue weighted by molar-refractivity contribution is 7.80. The molecule has 0 bridgehead atoms. The van der Waals surface area contributed by atoms with Gasteiger partial charge in [0.25, 0.3) is 5.69 Å². The van der Waals surface area contributed by atoms with Crippen molar-refractivity contribution in [1.82, 2.24) is 4.98 Å². The molecule has 6 heteroatoms. The Morgan fingerprint density at radius 2 is 2.19 bits per heavy atom. The molecule has 0 unspecified atom stereocenters. The second-order valence-electron chi connectivity index (χ2n) is 5.54. The van der Waals surface area contributed by atoms with Crippen LogP contribution in [0.3, 0.4) is 0 Å². The Kier molecular flexibility index (Phi) is 3.71. The second kappa shape index (κ2) is 5.52. The van der Waals surface area contributed by atoms with Gasteiger partial charge >= 0.3 is 0 Å². The molecule has 0 atom stereocenters. The summed E-state index contributed by atoms with van der Waals surface area (Å²) in [6.07, 6.45) is 5.02. The number of ether oxygens (including phenoxy) is 1. The molecular weight excluding hydrogens is 288 g/mol. The van der Waals surface area contributed by atoms with Crippen molar-refractivity contribution in [2.24, 2.45) is 5.41 Å². The van der Waals surface area contributed by atoms with Crippen molar-refractivity contribution in [3.05, 3.63) is 40.6 Å². The van der Waals surface area contributed by atoms with E-state index in [9.17, 15) is 10.1 Å². The van der Waals surface area contributed by atoms with Crippen molar-refractivity contribution in [3.63, 3.8) is 0 Å². The van der Waals surface area contributed by atoms with Gasteiger partial charge < -0.3 is 4.74 Å². The van der Waals surface area contributed by atoms with Gasteiger partial charge in [0.2, 0.25) is 0 Å². The molecule has 2 aromatic rings. The van der Waals surface area contributed by atoms with E-state index in [-0.39, 0.29) is 11.1 Å². The third kappa shape index (κ3) is 2.55. The largest absolute Gasteiger partial charge is 0.492 e. The number of nitrogens with zero attached hydrogens (tertiary/aromatic N) is 2. The minimum absolute atomic E-state index is 0.00510. The molecule has 21 heavy (non-hydrogen) atoms. The van der Waals surface area contributed by atoms with Crippen molar-refractivity contribution in [2.45, 2.75) is 19.3 Å². The van der Waals surface area contributed by atoms with Gasteiger partial charge in [-0.3, -0.25) is 10.1 Å². The van der Waals surface area contributed by atoms with Gasteiger partial charge in [0.1, 0.15) is 5.75 Å². The average molecular weight is 304 g/mol. The van der Waals surface area contributed by atoms with E-state index in [1.54, 1.807) is 24.4 Å². The first kappa shape index (κ1) is 14.1. The Morgan fingerprint density at radius 3 is 2.81 bits per heavy atom. The quantitative estimate of drug-likeness (QED) is 0.520. The Labute approximate surface area is 127 Å². The third-order valence-electron chi connectivity index (χ3n) is 4.19. The van der Waals surface area contributed by atoms with E-state index in [0.717, 1.165) is 18.6 Å². The summed E-state index contributed by atoms with van der Waals surface area (Å²) in [6, 6.07) is 6.68. The molecule has 5 nitrogen and oxygen atoms in total. The molecular formula is C15H16N2O3S. The van der Waals surface area contributed by atoms with Gasteiger partial charge in [0, 0.05) is 23.1 Å². The van der Waals surface area contributed by atoms with E-state index in [4.69, 9.17) is 4.74 Å². The number of hydrogen-bond acceptors (Lipinski definition) is 5. The SMILES string of the molecule is O=[N+]([O-])c1ccc(OCC2(CS)CCC2)c2cccnc12. The summed E-state index contributed by atoms with van der Waals surface area (Å²) in [4.78, 5) is 14.8. The van der Waals surface area contributed by atoms with Crippen LogP contribution in [0.25, 0.3) is 10.9 Å². The normalized spacial score (nSPS) is 16.4. The van der Waals surface area contributed by atoms with Crippen molar-refractivity contribution in [3.8, 4) is 5.75 Å². The van der Waals surface area contributed by atoms with Crippen LogP contribution < -0.4 is 4.74 Å². The minimum Gasteiger partial charge on any atom is -0.492 e. The summed E-state index contributed by atoms with van der Waals surface area (Å²) in [5, 5.41) is 11.7. The zero-order valence-electron chi connectivity index (χ0n) is 11.5. The third-order valence-corrected chi connectivity index (χ3v) is 4.86. The van der Waals surface area contributed by atoms with Crippen LogP contribution in [0, 0.1) is 15.5 Å². The lowest BCUT2D eigenvalue weighted by molar-refractivity contribution is -0.383. The van der Waals surface area contributed by atoms with E-state index < -0.39 is 4.92 Å². The van der Waals surface area contributed by atoms with Gasteiger partial charge in [-0.25, -0.2) is 4.98 Å². The van der Waals surface area contributed by atoms with E-state index in [0.29, 0.717) is 23.3 Å². The molecule has 1 heterocycles. The van der Waals surface area contributed by atoms with Crippen molar-refractivity contribution in [2.75, 3.05) is 12.4 Å². The molecule has 0 aliphatic heterocycles. The Hall–Kier alpha value is -1.82. The zero-order chi connectivity index (χ0) is 14.9. The van der Waals surface area contributed by atoms with Crippen molar-refractivity contribution in [1.29, 1.82) is 0 Å². The highest BCUT2D eigenvalue weighted by Gasteiger charge is 2.36. The number of fused-ring (bicyclic) bond motifs is 1. The molecule has 3 rings (SSSR count). The summed E-state index contributed by atoms with van der Waals surface area (Å²) in [6.45, 7) is 0.596. The molecule has 1 aliphatic carbocycles. The van der Waals surface area contributed by atoms with E-state index in [2.05, 4.69) is 17.6 Å². The van der Waals surface area contributed by atoms with Gasteiger partial charge in [-0.15, -0.1) is 0 Å². The number of pyridine rings is 1. The average Bonchev–Trinajstić information content (AvgIpc) is 2.46. The van der Waals surface area contributed by atoms with Crippen molar-refractivity contribution < 1.29 is 9.66 Å². The number of non-ortho nitro benzene ring substituents is 1. The monoisotopic (exact) mass is 304 g/mol. The minimum atomic E-state index is -0.416. The molecule has 0 saturated heterocycles. The number of hydrogen-bond donors (Lipinski definition) is 1. The van der Waals surface area contributed by atoms with Crippen LogP contribution in [0.4, 0.5) is 5.69 Å². The molecule has 0 amide bonds. The zero-order valence-corrected chi connectivity index (χ0v) is 12.4. The molecule has 110 valence electrons. The van der Waals surface area contributed by atoms with Crippen LogP contribution in [-0.4, -0.2) is 22.3 Å². The van der Waals surface area contributed by atoms with E-state index in [1.807, 2.05) is 0 Å². The number of nitro benzene ring substituents is 1. The molecule has 1 aliphatic rings. The number of thiol groups is 1. The lowest BCUT2D eigenvalue weighted by Gasteiger charge is -2.40. The standard InChI is InChI=1S/C15H16N2O3S/c18-17(19)12-4-5-13(11-3-1-8-16-14(11)12)20-9-15(10-21)6-2-7-15/h1,3-5,8,21H,2,6-7,9-10H2. The molecule has 1 aromatic heterocycles. The molecule has 1 saturated carbocycles. The fraction of sp³-hybridized carbons (Fsp3) is 0.400. The van der Waals surface area contributed by atoms with Crippen LogP contribution in [0.1, 0.15) is 19.3 Å². The van der Waals surface area contributed by atoms with Gasteiger partial charge in [-0.1, -0.05) is 6.42 Å². The van der Waals surface area contributed by atoms with E-state index >= 15 is 0 Å². The van der Waals surface area contributed by atoms with Crippen molar-refractivity contribution >= 4 is 29.2 Å². The maximum Gasteiger partial charge on any atom is 0.295 e. The first-order chi connectivity index (χ1) is 10.2. The van der Waals surface area contributed by atoms with Crippen LogP contribution in [0.15, 0.2) is 30.5 Å². The second-order valence-corrected chi connectivity index (χ2v) is 5.86. The molecule has 0 radical (unpaired) electrons. The number of rotatable bonds is 5. The molecule has 1 aromatic carbocycles. The Morgan fingerprint density at radius 1 is 1.38 bits per heavy atom. The van der Waals surface area contributed by atoms with Crippen LogP contribution >= 0.6 is 12.6 Å². The Bertz CT molecular complexity index is 680. The number of nitro groups is 1. The van der Waals surface area contributed by atoms with Crippen LogP contribution in [-0.2, 0) is 0 Å². The van der Waals surface area contributed by atoms with Crippen LogP contribution in [0.2, 0.25) is 0 Å². The van der Waals surface area contributed by atoms with Gasteiger partial charge in [-0.05, 0) is 36.8 Å². The summed E-state index contributed by atoms with van der Waals surface area (Å²) in [5.74, 6) is 1.45. The summed E-state index contributed by atoms with van der Waals surface area (Å²) < 4.78 is 5.94. The first-order valence-corrected chi connectivity index (χ1v) is 7.54. The fourth-order valence-electron chi connectivity index (χ4n) is 2.66. The first-order valence-electron chi connectivity index (χ1n) is 6.91. The summed E-state index contributed by atoms with van der Waals surface area (Å²) in [5.41, 5.74) is 0.526. The Balaban J connectivity index is 1.93. The predicted octanol–water partition coefficient (Wildman–Crippen LogP) is 3.62. The lowest BCUT2D eigenvalue weighted by Crippen LogP contribution is -2.37. The highest BCUT2D eigenvalue weighted by Crippen LogP contribution is 2.42. The molecule has 0 spiro atoms. The van der Waals surface area contributed by atoms with Gasteiger partial charge in [0.05, 0.1) is 11.5 Å². The maximum atomic E-state index is 11.1. The molecule has 0 N–H and O–H groups in total. The smallest absolute Gasteiger partial charge is 0.295 e. The lowest BCUT2D eigenvalue weighted by atomic mass is 9.71.